The third-order valence-corrected chi connectivity index (χ3v) is 5.05. The molecule has 0 unspecified atom stereocenters. The Hall–Kier alpha value is -3.58. The highest BCUT2D eigenvalue weighted by atomic mass is 19.4. The Kier molecular flexibility index (Phi) is 5.76. The van der Waals surface area contributed by atoms with Gasteiger partial charge in [0.15, 0.2) is 5.65 Å². The third kappa shape index (κ3) is 5.26. The summed E-state index contributed by atoms with van der Waals surface area (Å²) < 4.78 is 80.3. The minimum absolute atomic E-state index is 0.0352. The number of carbonyl (C=O) groups excluding carboxylic acids is 1. The van der Waals surface area contributed by atoms with E-state index < -0.39 is 24.1 Å². The largest absolute Gasteiger partial charge is 0.573 e. The summed E-state index contributed by atoms with van der Waals surface area (Å²) in [5, 5.41) is 13.3. The van der Waals surface area contributed by atoms with Gasteiger partial charge in [-0.1, -0.05) is 0 Å². The van der Waals surface area contributed by atoms with Gasteiger partial charge in [0, 0.05) is 24.7 Å². The van der Waals surface area contributed by atoms with Gasteiger partial charge in [-0.15, -0.1) is 28.5 Å². The van der Waals surface area contributed by atoms with E-state index in [9.17, 15) is 31.1 Å². The second-order valence-corrected chi connectivity index (χ2v) is 7.31. The molecule has 4 rings (SSSR count). The molecule has 0 saturated carbocycles. The molecular weight excluding hydrogens is 458 g/mol. The van der Waals surface area contributed by atoms with Crippen LogP contribution < -0.4 is 15.0 Å². The van der Waals surface area contributed by atoms with Crippen molar-refractivity contribution in [2.24, 2.45) is 5.92 Å². The molecular formula is C19H16F6N6O2. The van der Waals surface area contributed by atoms with Crippen LogP contribution in [0.15, 0.2) is 36.4 Å². The van der Waals surface area contributed by atoms with Gasteiger partial charge in [0.2, 0.25) is 5.91 Å². The van der Waals surface area contributed by atoms with Crippen LogP contribution in [-0.2, 0) is 11.0 Å². The number of fused-ring (bicyclic) bond motifs is 1. The summed E-state index contributed by atoms with van der Waals surface area (Å²) in [6.07, 6.45) is -8.68. The predicted octanol–water partition coefficient (Wildman–Crippen LogP) is 3.90. The quantitative estimate of drug-likeness (QED) is 0.578. The van der Waals surface area contributed by atoms with E-state index in [1.54, 1.807) is 4.90 Å². The van der Waals surface area contributed by atoms with E-state index in [2.05, 4.69) is 25.3 Å². The maximum atomic E-state index is 13.1. The minimum atomic E-state index is -4.80. The number of ether oxygens (including phenoxy) is 1. The SMILES string of the molecule is O=C(Nc1ccc(OC(F)(F)F)cc1)C1CCN(c2ccc3nnc(C(F)(F)F)n3n2)CC1. The number of piperidine rings is 1. The van der Waals surface area contributed by atoms with Crippen molar-refractivity contribution >= 4 is 23.1 Å². The van der Waals surface area contributed by atoms with E-state index in [1.165, 1.54) is 24.3 Å². The van der Waals surface area contributed by atoms with Gasteiger partial charge in [-0.05, 0) is 49.2 Å². The Labute approximate surface area is 182 Å². The number of nitrogens with one attached hydrogen (secondary N) is 1. The first-order valence-electron chi connectivity index (χ1n) is 9.71. The average molecular weight is 474 g/mol. The molecule has 0 radical (unpaired) electrons. The van der Waals surface area contributed by atoms with E-state index in [4.69, 9.17) is 0 Å². The molecule has 2 aromatic heterocycles. The van der Waals surface area contributed by atoms with Crippen LogP contribution in [0, 0.1) is 5.92 Å². The molecule has 1 fully saturated rings. The van der Waals surface area contributed by atoms with Gasteiger partial charge in [-0.2, -0.15) is 17.7 Å². The molecule has 0 bridgehead atoms. The number of alkyl halides is 6. The van der Waals surface area contributed by atoms with E-state index >= 15 is 0 Å². The summed E-state index contributed by atoms with van der Waals surface area (Å²) >= 11 is 0. The lowest BCUT2D eigenvalue weighted by molar-refractivity contribution is -0.274. The van der Waals surface area contributed by atoms with E-state index in [-0.39, 0.29) is 17.5 Å². The van der Waals surface area contributed by atoms with Gasteiger partial charge >= 0.3 is 12.5 Å². The number of hydrogen-bond acceptors (Lipinski definition) is 6. The summed E-state index contributed by atoms with van der Waals surface area (Å²) in [5.74, 6) is -2.01. The predicted molar refractivity (Wildman–Crippen MR) is 102 cm³/mol. The Morgan fingerprint density at radius 3 is 2.24 bits per heavy atom. The van der Waals surface area contributed by atoms with Crippen LogP contribution in [0.25, 0.3) is 5.65 Å². The lowest BCUT2D eigenvalue weighted by Gasteiger charge is -2.32. The monoisotopic (exact) mass is 474 g/mol. The Bertz CT molecular complexity index is 1140. The van der Waals surface area contributed by atoms with Crippen LogP contribution in [0.4, 0.5) is 37.8 Å². The molecule has 1 aliphatic rings. The fourth-order valence-electron chi connectivity index (χ4n) is 3.48. The van der Waals surface area contributed by atoms with Crippen molar-refractivity contribution in [1.82, 2.24) is 19.8 Å². The zero-order chi connectivity index (χ0) is 23.8. The topological polar surface area (TPSA) is 84.6 Å². The minimum Gasteiger partial charge on any atom is -0.406 e. The number of anilines is 2. The summed E-state index contributed by atoms with van der Waals surface area (Å²) in [4.78, 5) is 14.3. The number of benzene rings is 1. The number of nitrogens with zero attached hydrogens (tertiary/aromatic N) is 5. The van der Waals surface area contributed by atoms with Crippen molar-refractivity contribution in [3.8, 4) is 5.75 Å². The molecule has 3 aromatic rings. The highest BCUT2D eigenvalue weighted by Crippen LogP contribution is 2.29. The van der Waals surface area contributed by atoms with Crippen LogP contribution in [0.3, 0.4) is 0 Å². The zero-order valence-corrected chi connectivity index (χ0v) is 16.7. The number of carbonyl (C=O) groups is 1. The van der Waals surface area contributed by atoms with Gasteiger partial charge in [0.05, 0.1) is 0 Å². The van der Waals surface area contributed by atoms with Crippen molar-refractivity contribution in [2.45, 2.75) is 25.4 Å². The van der Waals surface area contributed by atoms with Crippen molar-refractivity contribution in [1.29, 1.82) is 0 Å². The Morgan fingerprint density at radius 1 is 0.970 bits per heavy atom. The molecule has 14 heteroatoms. The van der Waals surface area contributed by atoms with Crippen LogP contribution in [0.1, 0.15) is 18.7 Å². The van der Waals surface area contributed by atoms with Crippen LogP contribution in [0.2, 0.25) is 0 Å². The van der Waals surface area contributed by atoms with Gasteiger partial charge in [0.1, 0.15) is 11.6 Å². The van der Waals surface area contributed by atoms with Gasteiger partial charge in [-0.25, -0.2) is 0 Å². The highest BCUT2D eigenvalue weighted by Gasteiger charge is 2.38. The molecule has 176 valence electrons. The van der Waals surface area contributed by atoms with Gasteiger partial charge in [-0.3, -0.25) is 4.79 Å². The lowest BCUT2D eigenvalue weighted by atomic mass is 9.96. The Morgan fingerprint density at radius 2 is 1.64 bits per heavy atom. The van der Waals surface area contributed by atoms with E-state index in [1.807, 2.05) is 0 Å². The standard InChI is InChI=1S/C19H16F6N6O2/c20-18(21,22)17-28-27-14-5-6-15(29-31(14)17)30-9-7-11(8-10-30)16(32)26-12-1-3-13(4-2-12)33-19(23,24)25/h1-6,11H,7-10H2,(H,26,32). The van der Waals surface area contributed by atoms with Gasteiger partial charge in [0.25, 0.3) is 5.82 Å². The Balaban J connectivity index is 1.36. The molecule has 33 heavy (non-hydrogen) atoms. The van der Waals surface area contributed by atoms with Crippen molar-refractivity contribution in [2.75, 3.05) is 23.3 Å². The first kappa shape index (κ1) is 22.6. The van der Waals surface area contributed by atoms with Crippen LogP contribution in [-0.4, -0.2) is 45.2 Å². The molecule has 8 nitrogen and oxygen atoms in total. The summed E-state index contributed by atoms with van der Waals surface area (Å²) in [5.41, 5.74) is 0.281. The smallest absolute Gasteiger partial charge is 0.406 e. The first-order valence-corrected chi connectivity index (χ1v) is 9.71. The molecule has 1 N–H and O–H groups in total. The second kappa shape index (κ2) is 8.41. The molecule has 1 aliphatic heterocycles. The fourth-order valence-corrected chi connectivity index (χ4v) is 3.48. The lowest BCUT2D eigenvalue weighted by Crippen LogP contribution is -2.38. The molecule has 1 saturated heterocycles. The number of halogens is 6. The fraction of sp³-hybridized carbons (Fsp3) is 0.368. The number of hydrogen-bond donors (Lipinski definition) is 1. The van der Waals surface area contributed by atoms with E-state index in [0.717, 1.165) is 12.1 Å². The summed E-state index contributed by atoms with van der Waals surface area (Å²) in [6, 6.07) is 7.70. The first-order chi connectivity index (χ1) is 15.5. The third-order valence-electron chi connectivity index (χ3n) is 5.05. The second-order valence-electron chi connectivity index (χ2n) is 7.31. The van der Waals surface area contributed by atoms with E-state index in [0.29, 0.717) is 42.0 Å². The number of amides is 1. The van der Waals surface area contributed by atoms with Crippen LogP contribution >= 0.6 is 0 Å². The number of aromatic nitrogens is 4. The molecule has 1 amide bonds. The van der Waals surface area contributed by atoms with Crippen molar-refractivity contribution in [3.05, 3.63) is 42.2 Å². The van der Waals surface area contributed by atoms with Crippen molar-refractivity contribution in [3.63, 3.8) is 0 Å². The molecule has 0 spiro atoms. The zero-order valence-electron chi connectivity index (χ0n) is 16.7. The average Bonchev–Trinajstić information content (AvgIpc) is 3.18. The van der Waals surface area contributed by atoms with Crippen molar-refractivity contribution < 1.29 is 35.9 Å². The summed E-state index contributed by atoms with van der Waals surface area (Å²) in [6.45, 7) is 0.747. The molecule has 3 heterocycles. The van der Waals surface area contributed by atoms with Crippen LogP contribution in [0.5, 0.6) is 5.75 Å². The maximum absolute atomic E-state index is 13.1. The molecule has 1 aromatic carbocycles. The maximum Gasteiger partial charge on any atom is 0.573 e. The van der Waals surface area contributed by atoms with Gasteiger partial charge < -0.3 is 15.0 Å². The molecule has 0 aliphatic carbocycles. The number of rotatable bonds is 4. The summed E-state index contributed by atoms with van der Waals surface area (Å²) in [7, 11) is 0. The normalized spacial score (nSPS) is 15.6. The molecule has 0 atom stereocenters. The highest BCUT2D eigenvalue weighted by molar-refractivity contribution is 5.92.